The Kier molecular flexibility index (Phi) is 4.27. The predicted molar refractivity (Wildman–Crippen MR) is 98.6 cm³/mol. The quantitative estimate of drug-likeness (QED) is 0.719. The average Bonchev–Trinajstić information content (AvgIpc) is 3.10. The number of aromatic nitrogens is 3. The number of methoxy groups -OCH3 is 1. The molecule has 5 nitrogen and oxygen atoms in total. The maximum absolute atomic E-state index is 6.45. The Balaban J connectivity index is 1.72. The molecule has 2 heterocycles. The first-order chi connectivity index (χ1) is 12.2. The number of rotatable bonds is 3. The van der Waals surface area contributed by atoms with E-state index in [9.17, 15) is 0 Å². The molecule has 2 atom stereocenters. The SMILES string of the molecule is COc1ccc([C@@H]2C[C@@H](c3ccc(Cl)cc3Cl)n3ncnc3N2)cc1. The van der Waals surface area contributed by atoms with Gasteiger partial charge in [0.15, 0.2) is 0 Å². The van der Waals surface area contributed by atoms with Gasteiger partial charge in [0.25, 0.3) is 0 Å². The summed E-state index contributed by atoms with van der Waals surface area (Å²) in [6, 6.07) is 13.7. The van der Waals surface area contributed by atoms with Crippen LogP contribution < -0.4 is 10.1 Å². The van der Waals surface area contributed by atoms with Crippen LogP contribution in [-0.4, -0.2) is 21.9 Å². The van der Waals surface area contributed by atoms with E-state index in [2.05, 4.69) is 27.5 Å². The molecule has 0 saturated carbocycles. The van der Waals surface area contributed by atoms with Crippen molar-refractivity contribution in [3.63, 3.8) is 0 Å². The Morgan fingerprint density at radius 2 is 1.96 bits per heavy atom. The standard InChI is InChI=1S/C18H16Cl2N4O/c1-25-13-5-2-11(3-6-13)16-9-17(24-18(23-16)21-10-22-24)14-7-4-12(19)8-15(14)20/h2-8,10,16-17H,9H2,1H3,(H,21,22,23)/t16-,17-/m0/s1. The second-order valence-corrected chi connectivity index (χ2v) is 6.76. The number of hydrogen-bond acceptors (Lipinski definition) is 4. The Hall–Kier alpha value is -2.24. The zero-order chi connectivity index (χ0) is 17.4. The molecule has 0 unspecified atom stereocenters. The van der Waals surface area contributed by atoms with Gasteiger partial charge < -0.3 is 10.1 Å². The molecule has 1 aromatic heterocycles. The van der Waals surface area contributed by atoms with E-state index < -0.39 is 0 Å². The summed E-state index contributed by atoms with van der Waals surface area (Å²) in [5.41, 5.74) is 2.14. The van der Waals surface area contributed by atoms with E-state index in [1.807, 2.05) is 28.9 Å². The molecule has 1 aliphatic rings. The largest absolute Gasteiger partial charge is 0.497 e. The molecule has 0 bridgehead atoms. The number of halogens is 2. The van der Waals surface area contributed by atoms with Crippen molar-refractivity contribution in [3.05, 3.63) is 70.0 Å². The Bertz CT molecular complexity index is 894. The van der Waals surface area contributed by atoms with E-state index in [0.717, 1.165) is 29.2 Å². The summed E-state index contributed by atoms with van der Waals surface area (Å²) in [5.74, 6) is 1.56. The molecule has 0 aliphatic carbocycles. The van der Waals surface area contributed by atoms with Gasteiger partial charge in [-0.05, 0) is 41.8 Å². The van der Waals surface area contributed by atoms with E-state index >= 15 is 0 Å². The van der Waals surface area contributed by atoms with Gasteiger partial charge in [0, 0.05) is 10.0 Å². The number of ether oxygens (including phenoxy) is 1. The lowest BCUT2D eigenvalue weighted by atomic mass is 9.93. The van der Waals surface area contributed by atoms with Crippen molar-refractivity contribution in [1.29, 1.82) is 0 Å². The third-order valence-corrected chi connectivity index (χ3v) is 5.03. The molecule has 1 aliphatic heterocycles. The molecule has 0 amide bonds. The molecule has 0 saturated heterocycles. The minimum absolute atomic E-state index is 0.0179. The summed E-state index contributed by atoms with van der Waals surface area (Å²) >= 11 is 12.5. The second-order valence-electron chi connectivity index (χ2n) is 5.92. The highest BCUT2D eigenvalue weighted by molar-refractivity contribution is 6.35. The van der Waals surface area contributed by atoms with Crippen LogP contribution in [0.4, 0.5) is 5.95 Å². The smallest absolute Gasteiger partial charge is 0.222 e. The van der Waals surface area contributed by atoms with Gasteiger partial charge in [-0.15, -0.1) is 0 Å². The number of hydrogen-bond donors (Lipinski definition) is 1. The van der Waals surface area contributed by atoms with Crippen LogP contribution in [0.5, 0.6) is 5.75 Å². The average molecular weight is 375 g/mol. The lowest BCUT2D eigenvalue weighted by molar-refractivity contribution is 0.413. The van der Waals surface area contributed by atoms with Crippen LogP contribution in [0.1, 0.15) is 29.6 Å². The predicted octanol–water partition coefficient (Wildman–Crippen LogP) is 4.74. The minimum atomic E-state index is -0.0179. The second kappa shape index (κ2) is 6.58. The van der Waals surface area contributed by atoms with Gasteiger partial charge in [-0.3, -0.25) is 0 Å². The zero-order valence-corrected chi connectivity index (χ0v) is 15.0. The first-order valence-electron chi connectivity index (χ1n) is 7.90. The van der Waals surface area contributed by atoms with E-state index in [-0.39, 0.29) is 12.1 Å². The van der Waals surface area contributed by atoms with Crippen molar-refractivity contribution in [2.24, 2.45) is 0 Å². The first kappa shape index (κ1) is 16.2. The molecule has 0 spiro atoms. The van der Waals surface area contributed by atoms with Crippen LogP contribution in [0.25, 0.3) is 0 Å². The number of nitrogens with one attached hydrogen (secondary N) is 1. The van der Waals surface area contributed by atoms with Gasteiger partial charge in [0.1, 0.15) is 12.1 Å². The summed E-state index contributed by atoms with van der Waals surface area (Å²) in [7, 11) is 1.66. The van der Waals surface area contributed by atoms with Crippen molar-refractivity contribution in [2.45, 2.75) is 18.5 Å². The maximum Gasteiger partial charge on any atom is 0.222 e. The fourth-order valence-electron chi connectivity index (χ4n) is 3.21. The van der Waals surface area contributed by atoms with Gasteiger partial charge in [-0.2, -0.15) is 10.1 Å². The highest BCUT2D eigenvalue weighted by Gasteiger charge is 2.31. The molecule has 25 heavy (non-hydrogen) atoms. The van der Waals surface area contributed by atoms with Crippen LogP contribution in [0.2, 0.25) is 10.0 Å². The molecular formula is C18H16Cl2N4O. The topological polar surface area (TPSA) is 52.0 Å². The van der Waals surface area contributed by atoms with Crippen LogP contribution in [0.15, 0.2) is 48.8 Å². The molecule has 3 aromatic rings. The fourth-order valence-corrected chi connectivity index (χ4v) is 3.74. The van der Waals surface area contributed by atoms with Crippen molar-refractivity contribution in [2.75, 3.05) is 12.4 Å². The van der Waals surface area contributed by atoms with E-state index in [1.165, 1.54) is 0 Å². The maximum atomic E-state index is 6.45. The molecular weight excluding hydrogens is 359 g/mol. The number of anilines is 1. The molecule has 0 radical (unpaired) electrons. The summed E-state index contributed by atoms with van der Waals surface area (Å²) in [5, 5.41) is 9.06. The third kappa shape index (κ3) is 3.05. The summed E-state index contributed by atoms with van der Waals surface area (Å²) in [4.78, 5) is 4.34. The fraction of sp³-hybridized carbons (Fsp3) is 0.222. The normalized spacial score (nSPS) is 19.2. The van der Waals surface area contributed by atoms with Crippen molar-refractivity contribution in [3.8, 4) is 5.75 Å². The first-order valence-corrected chi connectivity index (χ1v) is 8.66. The van der Waals surface area contributed by atoms with Gasteiger partial charge in [0.2, 0.25) is 5.95 Å². The molecule has 4 rings (SSSR count). The highest BCUT2D eigenvalue weighted by Crippen LogP contribution is 2.40. The molecule has 128 valence electrons. The summed E-state index contributed by atoms with van der Waals surface area (Å²) in [6.07, 6.45) is 2.35. The number of nitrogens with zero attached hydrogens (tertiary/aromatic N) is 3. The van der Waals surface area contributed by atoms with Gasteiger partial charge in [0.05, 0.1) is 19.2 Å². The summed E-state index contributed by atoms with van der Waals surface area (Å²) < 4.78 is 7.11. The molecule has 7 heteroatoms. The van der Waals surface area contributed by atoms with Crippen LogP contribution in [0.3, 0.4) is 0 Å². The van der Waals surface area contributed by atoms with Crippen molar-refractivity contribution >= 4 is 29.2 Å². The number of fused-ring (bicyclic) bond motifs is 1. The van der Waals surface area contributed by atoms with E-state index in [4.69, 9.17) is 27.9 Å². The molecule has 2 aromatic carbocycles. The summed E-state index contributed by atoms with van der Waals surface area (Å²) in [6.45, 7) is 0. The van der Waals surface area contributed by atoms with Gasteiger partial charge in [-0.25, -0.2) is 4.68 Å². The van der Waals surface area contributed by atoms with Gasteiger partial charge >= 0.3 is 0 Å². The van der Waals surface area contributed by atoms with E-state index in [0.29, 0.717) is 10.0 Å². The third-order valence-electron chi connectivity index (χ3n) is 4.47. The number of benzene rings is 2. The minimum Gasteiger partial charge on any atom is -0.497 e. The van der Waals surface area contributed by atoms with E-state index in [1.54, 1.807) is 19.5 Å². The van der Waals surface area contributed by atoms with Crippen molar-refractivity contribution in [1.82, 2.24) is 14.8 Å². The monoisotopic (exact) mass is 374 g/mol. The molecule has 1 N–H and O–H groups in total. The van der Waals surface area contributed by atoms with Crippen LogP contribution >= 0.6 is 23.2 Å². The van der Waals surface area contributed by atoms with Crippen molar-refractivity contribution < 1.29 is 4.74 Å². The highest BCUT2D eigenvalue weighted by atomic mass is 35.5. The Labute approximate surface area is 155 Å². The van der Waals surface area contributed by atoms with Crippen LogP contribution in [-0.2, 0) is 0 Å². The van der Waals surface area contributed by atoms with Gasteiger partial charge in [-0.1, -0.05) is 41.4 Å². The molecule has 0 fully saturated rings. The zero-order valence-electron chi connectivity index (χ0n) is 13.5. The lowest BCUT2D eigenvalue weighted by Gasteiger charge is -2.32. The lowest BCUT2D eigenvalue weighted by Crippen LogP contribution is -2.28. The van der Waals surface area contributed by atoms with Crippen LogP contribution in [0, 0.1) is 0 Å². The Morgan fingerprint density at radius 3 is 2.68 bits per heavy atom. The Morgan fingerprint density at radius 1 is 1.16 bits per heavy atom.